The average molecular weight is 312 g/mol. The number of carbonyl (C=O) groups is 1. The molecule has 2 aliphatic rings. The van der Waals surface area contributed by atoms with E-state index in [-0.39, 0.29) is 11.3 Å². The molecule has 1 unspecified atom stereocenters. The Morgan fingerprint density at radius 1 is 1.35 bits per heavy atom. The van der Waals surface area contributed by atoms with Crippen molar-refractivity contribution in [2.75, 3.05) is 13.1 Å². The molecule has 1 saturated heterocycles. The van der Waals surface area contributed by atoms with E-state index in [1.807, 2.05) is 4.90 Å². The zero-order valence-corrected chi connectivity index (χ0v) is 13.6. The molecule has 1 amide bonds. The Hall–Kier alpha value is -0.540. The first-order chi connectivity index (χ1) is 9.65. The van der Waals surface area contributed by atoms with Crippen molar-refractivity contribution in [3.63, 3.8) is 0 Å². The third kappa shape index (κ3) is 2.89. The first kappa shape index (κ1) is 14.4. The molecule has 0 aromatic carbocycles. The second-order valence-corrected chi connectivity index (χ2v) is 7.90. The summed E-state index contributed by atoms with van der Waals surface area (Å²) in [7, 11) is 0. The SMILES string of the molecule is CC(Cl)C1CCN(C(=O)c2cc3c(s2)CCCC3)CC1. The zero-order valence-electron chi connectivity index (χ0n) is 12.0. The van der Waals surface area contributed by atoms with Gasteiger partial charge >= 0.3 is 0 Å². The smallest absolute Gasteiger partial charge is 0.263 e. The summed E-state index contributed by atoms with van der Waals surface area (Å²) in [5.74, 6) is 0.808. The number of alkyl halides is 1. The summed E-state index contributed by atoms with van der Waals surface area (Å²) in [6, 6.07) is 2.15. The van der Waals surface area contributed by atoms with Gasteiger partial charge in [-0.2, -0.15) is 0 Å². The Morgan fingerprint density at radius 3 is 2.70 bits per heavy atom. The number of hydrogen-bond acceptors (Lipinski definition) is 2. The van der Waals surface area contributed by atoms with Crippen molar-refractivity contribution < 1.29 is 4.79 Å². The summed E-state index contributed by atoms with van der Waals surface area (Å²) in [5, 5.41) is 0.223. The number of amides is 1. The molecular formula is C16H22ClNOS. The second-order valence-electron chi connectivity index (χ2n) is 6.07. The molecule has 1 fully saturated rings. The number of halogens is 1. The number of nitrogens with zero attached hydrogens (tertiary/aromatic N) is 1. The maximum absolute atomic E-state index is 12.6. The molecule has 1 aromatic rings. The van der Waals surface area contributed by atoms with Crippen molar-refractivity contribution in [2.45, 2.75) is 50.8 Å². The Morgan fingerprint density at radius 2 is 2.05 bits per heavy atom. The average Bonchev–Trinajstić information content (AvgIpc) is 2.90. The normalized spacial score (nSPS) is 21.6. The molecule has 0 radical (unpaired) electrons. The van der Waals surface area contributed by atoms with E-state index in [1.54, 1.807) is 11.3 Å². The van der Waals surface area contributed by atoms with Crippen LogP contribution >= 0.6 is 22.9 Å². The molecule has 4 heteroatoms. The van der Waals surface area contributed by atoms with Gasteiger partial charge in [0, 0.05) is 23.3 Å². The quantitative estimate of drug-likeness (QED) is 0.753. The molecule has 20 heavy (non-hydrogen) atoms. The summed E-state index contributed by atoms with van der Waals surface area (Å²) in [5.41, 5.74) is 1.42. The van der Waals surface area contributed by atoms with Gasteiger partial charge < -0.3 is 4.90 Å². The molecule has 2 nitrogen and oxygen atoms in total. The zero-order chi connectivity index (χ0) is 14.1. The Kier molecular flexibility index (Phi) is 4.37. The molecule has 0 bridgehead atoms. The molecule has 0 saturated carbocycles. The van der Waals surface area contributed by atoms with Crippen molar-refractivity contribution in [1.29, 1.82) is 0 Å². The van der Waals surface area contributed by atoms with E-state index in [0.717, 1.165) is 37.2 Å². The van der Waals surface area contributed by atoms with E-state index in [9.17, 15) is 4.79 Å². The van der Waals surface area contributed by atoms with Crippen molar-refractivity contribution in [2.24, 2.45) is 5.92 Å². The summed E-state index contributed by atoms with van der Waals surface area (Å²) < 4.78 is 0. The van der Waals surface area contributed by atoms with Gasteiger partial charge in [0.05, 0.1) is 4.88 Å². The van der Waals surface area contributed by atoms with Crippen LogP contribution in [0.4, 0.5) is 0 Å². The first-order valence-electron chi connectivity index (χ1n) is 7.70. The first-order valence-corrected chi connectivity index (χ1v) is 8.95. The molecule has 0 spiro atoms. The molecule has 1 aliphatic carbocycles. The van der Waals surface area contributed by atoms with Gasteiger partial charge in [-0.25, -0.2) is 0 Å². The fraction of sp³-hybridized carbons (Fsp3) is 0.688. The highest BCUT2D eigenvalue weighted by atomic mass is 35.5. The summed E-state index contributed by atoms with van der Waals surface area (Å²) in [4.78, 5) is 17.0. The number of carbonyl (C=O) groups excluding carboxylic acids is 1. The maximum atomic E-state index is 12.6. The molecule has 1 aromatic heterocycles. The predicted molar refractivity (Wildman–Crippen MR) is 84.9 cm³/mol. The lowest BCUT2D eigenvalue weighted by atomic mass is 9.94. The minimum absolute atomic E-state index is 0.223. The van der Waals surface area contributed by atoms with E-state index >= 15 is 0 Å². The van der Waals surface area contributed by atoms with Gasteiger partial charge in [0.1, 0.15) is 0 Å². The lowest BCUT2D eigenvalue weighted by Gasteiger charge is -2.32. The van der Waals surface area contributed by atoms with Crippen LogP contribution in [-0.4, -0.2) is 29.3 Å². The minimum atomic E-state index is 0.223. The number of piperidine rings is 1. The van der Waals surface area contributed by atoms with E-state index in [0.29, 0.717) is 5.92 Å². The van der Waals surface area contributed by atoms with E-state index in [4.69, 9.17) is 11.6 Å². The lowest BCUT2D eigenvalue weighted by Crippen LogP contribution is -2.39. The lowest BCUT2D eigenvalue weighted by molar-refractivity contribution is 0.0695. The number of thiophene rings is 1. The highest BCUT2D eigenvalue weighted by Gasteiger charge is 2.27. The van der Waals surface area contributed by atoms with Crippen LogP contribution in [0.1, 0.15) is 52.7 Å². The van der Waals surface area contributed by atoms with Crippen molar-refractivity contribution in [3.05, 3.63) is 21.4 Å². The Balaban J connectivity index is 1.66. The fourth-order valence-electron chi connectivity index (χ4n) is 3.31. The standard InChI is InChI=1S/C16H22ClNOS/c1-11(17)12-6-8-18(9-7-12)16(19)15-10-13-4-2-3-5-14(13)20-15/h10-12H,2-9H2,1H3. The van der Waals surface area contributed by atoms with Gasteiger partial charge in [0.2, 0.25) is 0 Å². The van der Waals surface area contributed by atoms with Gasteiger partial charge in [0.25, 0.3) is 5.91 Å². The number of aryl methyl sites for hydroxylation is 2. The van der Waals surface area contributed by atoms with E-state index in [1.165, 1.54) is 29.7 Å². The fourth-order valence-corrected chi connectivity index (χ4v) is 4.79. The third-order valence-electron chi connectivity index (χ3n) is 4.68. The molecule has 3 rings (SSSR count). The van der Waals surface area contributed by atoms with Crippen molar-refractivity contribution >= 4 is 28.8 Å². The monoisotopic (exact) mass is 311 g/mol. The number of fused-ring (bicyclic) bond motifs is 1. The van der Waals surface area contributed by atoms with Crippen LogP contribution in [-0.2, 0) is 12.8 Å². The molecule has 0 N–H and O–H groups in total. The van der Waals surface area contributed by atoms with E-state index < -0.39 is 0 Å². The molecule has 2 heterocycles. The van der Waals surface area contributed by atoms with Crippen LogP contribution in [0.25, 0.3) is 0 Å². The van der Waals surface area contributed by atoms with E-state index in [2.05, 4.69) is 13.0 Å². The Labute approximate surface area is 130 Å². The molecule has 1 aliphatic heterocycles. The van der Waals surface area contributed by atoms with Crippen molar-refractivity contribution in [3.8, 4) is 0 Å². The third-order valence-corrected chi connectivity index (χ3v) is 6.27. The summed E-state index contributed by atoms with van der Waals surface area (Å²) >= 11 is 7.90. The number of hydrogen-bond donors (Lipinski definition) is 0. The van der Waals surface area contributed by atoms with Gasteiger partial charge in [-0.3, -0.25) is 4.79 Å². The predicted octanol–water partition coefficient (Wildman–Crippen LogP) is 4.11. The van der Waals surface area contributed by atoms with Crippen LogP contribution < -0.4 is 0 Å². The largest absolute Gasteiger partial charge is 0.338 e. The number of rotatable bonds is 2. The van der Waals surface area contributed by atoms with Crippen LogP contribution in [0.5, 0.6) is 0 Å². The summed E-state index contributed by atoms with van der Waals surface area (Å²) in [6.45, 7) is 3.79. The van der Waals surface area contributed by atoms with Gasteiger partial charge in [-0.05, 0) is 63.0 Å². The maximum Gasteiger partial charge on any atom is 0.263 e. The van der Waals surface area contributed by atoms with Crippen LogP contribution in [0.15, 0.2) is 6.07 Å². The second kappa shape index (κ2) is 6.07. The van der Waals surface area contributed by atoms with Crippen molar-refractivity contribution in [1.82, 2.24) is 4.90 Å². The topological polar surface area (TPSA) is 20.3 Å². The van der Waals surface area contributed by atoms with Gasteiger partial charge in [0.15, 0.2) is 0 Å². The van der Waals surface area contributed by atoms with Crippen LogP contribution in [0.2, 0.25) is 0 Å². The summed E-state index contributed by atoms with van der Waals surface area (Å²) in [6.07, 6.45) is 6.96. The number of likely N-dealkylation sites (tertiary alicyclic amines) is 1. The Bertz CT molecular complexity index is 465. The molecular weight excluding hydrogens is 290 g/mol. The van der Waals surface area contributed by atoms with Crippen LogP contribution in [0, 0.1) is 5.92 Å². The van der Waals surface area contributed by atoms with Gasteiger partial charge in [-0.1, -0.05) is 0 Å². The highest BCUT2D eigenvalue weighted by Crippen LogP contribution is 2.31. The molecule has 1 atom stereocenters. The van der Waals surface area contributed by atoms with Crippen LogP contribution in [0.3, 0.4) is 0 Å². The molecule has 110 valence electrons. The van der Waals surface area contributed by atoms with Gasteiger partial charge in [-0.15, -0.1) is 22.9 Å². The minimum Gasteiger partial charge on any atom is -0.338 e. The highest BCUT2D eigenvalue weighted by molar-refractivity contribution is 7.14.